The normalized spacial score (nSPS) is 39.4. The van der Waals surface area contributed by atoms with Crippen molar-refractivity contribution in [3.63, 3.8) is 0 Å². The molecular weight excluding hydrogens is 316 g/mol. The largest absolute Gasteiger partial charge is 0.453 e. The van der Waals surface area contributed by atoms with E-state index >= 15 is 0 Å². The first-order chi connectivity index (χ1) is 12.2. The van der Waals surface area contributed by atoms with Crippen LogP contribution in [0.4, 0.5) is 0 Å². The van der Waals surface area contributed by atoms with E-state index in [0.29, 0.717) is 29.4 Å². The number of esters is 2. The molecule has 3 saturated carbocycles. The fraction of sp³-hybridized carbons (Fsp3) is 0.524. The van der Waals surface area contributed by atoms with Crippen molar-refractivity contribution in [3.8, 4) is 5.75 Å². The molecule has 3 fully saturated rings. The van der Waals surface area contributed by atoms with Crippen LogP contribution in [-0.2, 0) is 14.3 Å². The van der Waals surface area contributed by atoms with Gasteiger partial charge in [0.1, 0.15) is 5.75 Å². The van der Waals surface area contributed by atoms with E-state index in [1.165, 1.54) is 6.42 Å². The SMILES string of the molecule is O=C(COC(=O)C1CC2CC1C1C3C=CC(C3)C21)Oc1ccccc1. The van der Waals surface area contributed by atoms with Crippen LogP contribution >= 0.6 is 0 Å². The number of ether oxygens (including phenoxy) is 2. The molecule has 7 unspecified atom stereocenters. The van der Waals surface area contributed by atoms with Gasteiger partial charge in [-0.3, -0.25) is 4.79 Å². The second-order valence-electron chi connectivity index (χ2n) is 8.00. The summed E-state index contributed by atoms with van der Waals surface area (Å²) in [4.78, 5) is 24.4. The van der Waals surface area contributed by atoms with Crippen LogP contribution in [0.25, 0.3) is 0 Å². The maximum atomic E-state index is 12.5. The Morgan fingerprint density at radius 1 is 0.960 bits per heavy atom. The van der Waals surface area contributed by atoms with E-state index in [4.69, 9.17) is 9.47 Å². The van der Waals surface area contributed by atoms with Gasteiger partial charge in [0.2, 0.25) is 0 Å². The van der Waals surface area contributed by atoms with Gasteiger partial charge in [-0.2, -0.15) is 0 Å². The van der Waals surface area contributed by atoms with Crippen molar-refractivity contribution < 1.29 is 19.1 Å². The van der Waals surface area contributed by atoms with Crippen molar-refractivity contribution in [2.45, 2.75) is 19.3 Å². The molecule has 0 radical (unpaired) electrons. The molecule has 4 bridgehead atoms. The third kappa shape index (κ3) is 2.42. The number of para-hydroxylation sites is 1. The molecule has 25 heavy (non-hydrogen) atoms. The number of hydrogen-bond donors (Lipinski definition) is 0. The van der Waals surface area contributed by atoms with Crippen LogP contribution in [0.1, 0.15) is 19.3 Å². The van der Waals surface area contributed by atoms with Crippen molar-refractivity contribution in [2.24, 2.45) is 41.4 Å². The van der Waals surface area contributed by atoms with Crippen LogP contribution in [0.15, 0.2) is 42.5 Å². The Bertz CT molecular complexity index is 725. The summed E-state index contributed by atoms with van der Waals surface area (Å²) < 4.78 is 10.5. The highest BCUT2D eigenvalue weighted by molar-refractivity contribution is 5.79. The van der Waals surface area contributed by atoms with Crippen LogP contribution in [0, 0.1) is 41.4 Å². The monoisotopic (exact) mass is 338 g/mol. The first kappa shape index (κ1) is 15.2. The molecule has 4 nitrogen and oxygen atoms in total. The Labute approximate surface area is 147 Å². The molecule has 4 aliphatic rings. The van der Waals surface area contributed by atoms with Crippen LogP contribution in [0.3, 0.4) is 0 Å². The molecule has 130 valence electrons. The number of rotatable bonds is 4. The summed E-state index contributed by atoms with van der Waals surface area (Å²) in [6.07, 6.45) is 8.16. The molecule has 0 spiro atoms. The molecule has 1 aromatic carbocycles. The number of benzene rings is 1. The van der Waals surface area contributed by atoms with Crippen LogP contribution < -0.4 is 4.74 Å². The van der Waals surface area contributed by atoms with Crippen molar-refractivity contribution >= 4 is 11.9 Å². The molecule has 5 rings (SSSR count). The lowest BCUT2D eigenvalue weighted by Crippen LogP contribution is -2.36. The number of fused-ring (bicyclic) bond motifs is 9. The van der Waals surface area contributed by atoms with E-state index in [0.717, 1.165) is 24.7 Å². The second kappa shape index (κ2) is 5.72. The first-order valence-corrected chi connectivity index (χ1v) is 9.31. The zero-order valence-corrected chi connectivity index (χ0v) is 14.0. The summed E-state index contributed by atoms with van der Waals surface area (Å²) in [5, 5.41) is 0. The van der Waals surface area contributed by atoms with Gasteiger partial charge in [-0.25, -0.2) is 4.79 Å². The standard InChI is InChI=1S/C21H22O4/c22-18(25-15-4-2-1-3-5-15)11-24-21(23)17-10-14-9-16(17)20-13-7-6-12(8-13)19(14)20/h1-7,12-14,16-17,19-20H,8-11H2. The zero-order chi connectivity index (χ0) is 17.0. The lowest BCUT2D eigenvalue weighted by Gasteiger charge is -2.35. The topological polar surface area (TPSA) is 52.6 Å². The summed E-state index contributed by atoms with van der Waals surface area (Å²) in [7, 11) is 0. The number of carbonyl (C=O) groups is 2. The quantitative estimate of drug-likeness (QED) is 0.366. The highest BCUT2D eigenvalue weighted by Crippen LogP contribution is 2.67. The number of carbonyl (C=O) groups excluding carboxylic acids is 2. The van der Waals surface area contributed by atoms with Crippen LogP contribution in [-0.4, -0.2) is 18.5 Å². The van der Waals surface area contributed by atoms with E-state index < -0.39 is 5.97 Å². The molecule has 4 aliphatic carbocycles. The second-order valence-corrected chi connectivity index (χ2v) is 8.00. The predicted molar refractivity (Wildman–Crippen MR) is 90.5 cm³/mol. The summed E-state index contributed by atoms with van der Waals surface area (Å²) in [6, 6.07) is 8.86. The molecule has 7 atom stereocenters. The van der Waals surface area contributed by atoms with Crippen molar-refractivity contribution in [1.29, 1.82) is 0 Å². The molecular formula is C21H22O4. The summed E-state index contributed by atoms with van der Waals surface area (Å²) >= 11 is 0. The zero-order valence-electron chi connectivity index (χ0n) is 14.0. The molecule has 0 saturated heterocycles. The molecule has 0 amide bonds. The number of hydrogen-bond acceptors (Lipinski definition) is 4. The van der Waals surface area contributed by atoms with Gasteiger partial charge >= 0.3 is 11.9 Å². The van der Waals surface area contributed by atoms with Crippen molar-refractivity contribution in [3.05, 3.63) is 42.5 Å². The Balaban J connectivity index is 1.18. The number of allylic oxidation sites excluding steroid dienone is 2. The van der Waals surface area contributed by atoms with E-state index in [9.17, 15) is 9.59 Å². The fourth-order valence-corrected chi connectivity index (χ4v) is 6.17. The molecule has 1 aromatic rings. The minimum atomic E-state index is -0.525. The average Bonchev–Trinajstić information content (AvgIpc) is 3.38. The Hall–Kier alpha value is -2.10. The third-order valence-electron chi connectivity index (χ3n) is 6.88. The van der Waals surface area contributed by atoms with Gasteiger partial charge in [-0.1, -0.05) is 30.4 Å². The van der Waals surface area contributed by atoms with Crippen molar-refractivity contribution in [1.82, 2.24) is 0 Å². The summed E-state index contributed by atoms with van der Waals surface area (Å²) in [5.41, 5.74) is 0. The Morgan fingerprint density at radius 3 is 2.52 bits per heavy atom. The Morgan fingerprint density at radius 2 is 1.72 bits per heavy atom. The van der Waals surface area contributed by atoms with Crippen LogP contribution in [0.5, 0.6) is 5.75 Å². The lowest BCUT2D eigenvalue weighted by molar-refractivity contribution is -0.159. The van der Waals surface area contributed by atoms with Gasteiger partial charge in [0.15, 0.2) is 6.61 Å². The lowest BCUT2D eigenvalue weighted by atomic mass is 9.69. The highest BCUT2D eigenvalue weighted by atomic mass is 16.6. The third-order valence-corrected chi connectivity index (χ3v) is 6.88. The van der Waals surface area contributed by atoms with E-state index in [1.54, 1.807) is 24.3 Å². The Kier molecular flexibility index (Phi) is 3.47. The van der Waals surface area contributed by atoms with Gasteiger partial charge in [0, 0.05) is 0 Å². The maximum absolute atomic E-state index is 12.5. The van der Waals surface area contributed by atoms with Gasteiger partial charge in [0.25, 0.3) is 0 Å². The van der Waals surface area contributed by atoms with Crippen LogP contribution in [0.2, 0.25) is 0 Å². The van der Waals surface area contributed by atoms with E-state index in [1.807, 2.05) is 6.07 Å². The molecule has 0 N–H and O–H groups in total. The highest BCUT2D eigenvalue weighted by Gasteiger charge is 2.62. The molecule has 4 heteroatoms. The molecule has 0 heterocycles. The van der Waals surface area contributed by atoms with E-state index in [2.05, 4.69) is 12.2 Å². The smallest absolute Gasteiger partial charge is 0.349 e. The maximum Gasteiger partial charge on any atom is 0.349 e. The van der Waals surface area contributed by atoms with Gasteiger partial charge < -0.3 is 9.47 Å². The molecule has 0 aromatic heterocycles. The fourth-order valence-electron chi connectivity index (χ4n) is 6.17. The average molecular weight is 338 g/mol. The van der Waals surface area contributed by atoms with Gasteiger partial charge in [0.05, 0.1) is 5.92 Å². The van der Waals surface area contributed by atoms with Gasteiger partial charge in [-0.05, 0) is 66.9 Å². The van der Waals surface area contributed by atoms with E-state index in [-0.39, 0.29) is 18.5 Å². The summed E-state index contributed by atoms with van der Waals surface area (Å²) in [6.45, 7) is -0.304. The predicted octanol–water partition coefficient (Wildman–Crippen LogP) is 3.23. The minimum Gasteiger partial charge on any atom is -0.453 e. The first-order valence-electron chi connectivity index (χ1n) is 9.31. The summed E-state index contributed by atoms with van der Waals surface area (Å²) in [5.74, 6) is 3.73. The molecule has 0 aliphatic heterocycles. The minimum absolute atomic E-state index is 0.0245. The van der Waals surface area contributed by atoms with Crippen molar-refractivity contribution in [2.75, 3.05) is 6.61 Å². The van der Waals surface area contributed by atoms with Gasteiger partial charge in [-0.15, -0.1) is 0 Å².